The van der Waals surface area contributed by atoms with Gasteiger partial charge < -0.3 is 10.4 Å². The molecule has 112 valence electrons. The van der Waals surface area contributed by atoms with Crippen molar-refractivity contribution in [2.75, 3.05) is 0 Å². The van der Waals surface area contributed by atoms with Crippen LogP contribution in [0.5, 0.6) is 0 Å². The minimum absolute atomic E-state index is 0.261. The van der Waals surface area contributed by atoms with Gasteiger partial charge in [-0.05, 0) is 24.1 Å². The third-order valence-electron chi connectivity index (χ3n) is 2.98. The molecule has 1 saturated heterocycles. The predicted octanol–water partition coefficient (Wildman–Crippen LogP) is 1.26. The van der Waals surface area contributed by atoms with Gasteiger partial charge in [-0.3, -0.25) is 9.59 Å². The summed E-state index contributed by atoms with van der Waals surface area (Å²) >= 11 is 1.04. The summed E-state index contributed by atoms with van der Waals surface area (Å²) in [7, 11) is 0. The first-order chi connectivity index (χ1) is 10.5. The Kier molecular flexibility index (Phi) is 4.91. The second kappa shape index (κ2) is 6.87. The summed E-state index contributed by atoms with van der Waals surface area (Å²) in [5, 5.41) is 27.4. The van der Waals surface area contributed by atoms with Gasteiger partial charge in [0, 0.05) is 0 Å². The molecule has 1 atom stereocenters. The zero-order chi connectivity index (χ0) is 16.1. The van der Waals surface area contributed by atoms with E-state index in [0.717, 1.165) is 22.9 Å². The summed E-state index contributed by atoms with van der Waals surface area (Å²) in [6.07, 6.45) is 1.23. The SMILES string of the molecule is Cc1c(C#N)cccc1C=NN=C1NC(=O)C(CC(=O)O)S1. The minimum Gasteiger partial charge on any atom is -0.481 e. The van der Waals surface area contributed by atoms with Crippen LogP contribution in [0.2, 0.25) is 0 Å². The van der Waals surface area contributed by atoms with Crippen molar-refractivity contribution in [1.82, 2.24) is 5.32 Å². The molecule has 22 heavy (non-hydrogen) atoms. The average Bonchev–Trinajstić information content (AvgIpc) is 2.80. The Balaban J connectivity index is 2.08. The Morgan fingerprint density at radius 1 is 1.59 bits per heavy atom. The number of rotatable bonds is 4. The van der Waals surface area contributed by atoms with Gasteiger partial charge in [0.1, 0.15) is 5.25 Å². The molecule has 1 aliphatic rings. The fourth-order valence-electron chi connectivity index (χ4n) is 1.80. The number of benzene rings is 1. The number of thioether (sulfide) groups is 1. The number of nitrogens with zero attached hydrogens (tertiary/aromatic N) is 3. The van der Waals surface area contributed by atoms with E-state index >= 15 is 0 Å². The first kappa shape index (κ1) is 15.7. The second-order valence-electron chi connectivity index (χ2n) is 4.47. The lowest BCUT2D eigenvalue weighted by Gasteiger charge is -2.00. The lowest BCUT2D eigenvalue weighted by Crippen LogP contribution is -2.26. The van der Waals surface area contributed by atoms with Gasteiger partial charge in [0.2, 0.25) is 5.91 Å². The van der Waals surface area contributed by atoms with E-state index in [1.807, 2.05) is 6.92 Å². The fraction of sp³-hybridized carbons (Fsp3) is 0.214. The highest BCUT2D eigenvalue weighted by atomic mass is 32.2. The molecule has 0 aromatic heterocycles. The third-order valence-corrected chi connectivity index (χ3v) is 4.05. The van der Waals surface area contributed by atoms with E-state index < -0.39 is 11.2 Å². The molecule has 1 fully saturated rings. The monoisotopic (exact) mass is 316 g/mol. The first-order valence-electron chi connectivity index (χ1n) is 6.31. The molecule has 1 amide bonds. The van der Waals surface area contributed by atoms with Gasteiger partial charge in [-0.25, -0.2) is 0 Å². The van der Waals surface area contributed by atoms with Crippen LogP contribution >= 0.6 is 11.8 Å². The summed E-state index contributed by atoms with van der Waals surface area (Å²) in [5.74, 6) is -1.43. The normalized spacial score (nSPS) is 19.4. The quantitative estimate of drug-likeness (QED) is 0.641. The number of carbonyl (C=O) groups is 2. The molecule has 1 aliphatic heterocycles. The maximum atomic E-state index is 11.5. The lowest BCUT2D eigenvalue weighted by atomic mass is 10.0. The molecule has 0 spiro atoms. The van der Waals surface area contributed by atoms with Crippen LogP contribution in [0.4, 0.5) is 0 Å². The van der Waals surface area contributed by atoms with Crippen LogP contribution in [0.3, 0.4) is 0 Å². The van der Waals surface area contributed by atoms with Crippen molar-refractivity contribution in [1.29, 1.82) is 5.26 Å². The highest BCUT2D eigenvalue weighted by Gasteiger charge is 2.32. The summed E-state index contributed by atoms with van der Waals surface area (Å²) < 4.78 is 0. The van der Waals surface area contributed by atoms with Gasteiger partial charge in [0.15, 0.2) is 5.17 Å². The van der Waals surface area contributed by atoms with E-state index in [1.54, 1.807) is 18.2 Å². The van der Waals surface area contributed by atoms with Gasteiger partial charge in [0.05, 0.1) is 24.3 Å². The van der Waals surface area contributed by atoms with E-state index in [2.05, 4.69) is 21.6 Å². The van der Waals surface area contributed by atoms with Crippen LogP contribution in [-0.4, -0.2) is 33.6 Å². The zero-order valence-electron chi connectivity index (χ0n) is 11.6. The van der Waals surface area contributed by atoms with Crippen LogP contribution < -0.4 is 5.32 Å². The van der Waals surface area contributed by atoms with Crippen molar-refractivity contribution in [3.63, 3.8) is 0 Å². The Bertz CT molecular complexity index is 721. The Morgan fingerprint density at radius 2 is 2.36 bits per heavy atom. The van der Waals surface area contributed by atoms with Crippen LogP contribution in [0.1, 0.15) is 23.1 Å². The molecule has 7 nitrogen and oxygen atoms in total. The molecule has 2 N–H and O–H groups in total. The van der Waals surface area contributed by atoms with E-state index in [4.69, 9.17) is 10.4 Å². The van der Waals surface area contributed by atoms with Crippen LogP contribution in [0.25, 0.3) is 0 Å². The minimum atomic E-state index is -1.04. The number of nitriles is 1. The first-order valence-corrected chi connectivity index (χ1v) is 7.19. The smallest absolute Gasteiger partial charge is 0.305 e. The summed E-state index contributed by atoms with van der Waals surface area (Å²) in [4.78, 5) is 22.1. The molecule has 0 saturated carbocycles. The molecule has 1 unspecified atom stereocenters. The molecule has 0 aliphatic carbocycles. The fourth-order valence-corrected chi connectivity index (χ4v) is 2.72. The van der Waals surface area contributed by atoms with Crippen molar-refractivity contribution in [3.05, 3.63) is 34.9 Å². The van der Waals surface area contributed by atoms with Crippen LogP contribution in [-0.2, 0) is 9.59 Å². The van der Waals surface area contributed by atoms with Crippen molar-refractivity contribution in [3.8, 4) is 6.07 Å². The highest BCUT2D eigenvalue weighted by Crippen LogP contribution is 2.22. The van der Waals surface area contributed by atoms with E-state index in [-0.39, 0.29) is 17.5 Å². The molecule has 1 aromatic rings. The number of carbonyl (C=O) groups excluding carboxylic acids is 1. The average molecular weight is 316 g/mol. The van der Waals surface area contributed by atoms with Crippen molar-refractivity contribution in [2.24, 2.45) is 10.2 Å². The van der Waals surface area contributed by atoms with Crippen LogP contribution in [0.15, 0.2) is 28.4 Å². The molecule has 1 aromatic carbocycles. The van der Waals surface area contributed by atoms with Crippen molar-refractivity contribution in [2.45, 2.75) is 18.6 Å². The number of amidine groups is 1. The van der Waals surface area contributed by atoms with Gasteiger partial charge in [-0.15, -0.1) is 5.10 Å². The van der Waals surface area contributed by atoms with Gasteiger partial charge >= 0.3 is 5.97 Å². The number of nitrogens with one attached hydrogen (secondary N) is 1. The number of carboxylic acids is 1. The number of carboxylic acid groups (broad SMARTS) is 1. The van der Waals surface area contributed by atoms with E-state index in [9.17, 15) is 9.59 Å². The summed E-state index contributed by atoms with van der Waals surface area (Å²) in [6, 6.07) is 7.34. The molecule has 2 rings (SSSR count). The maximum Gasteiger partial charge on any atom is 0.305 e. The second-order valence-corrected chi connectivity index (χ2v) is 5.67. The van der Waals surface area contributed by atoms with Gasteiger partial charge in [0.25, 0.3) is 0 Å². The van der Waals surface area contributed by atoms with E-state index in [0.29, 0.717) is 5.56 Å². The predicted molar refractivity (Wildman–Crippen MR) is 82.7 cm³/mol. The highest BCUT2D eigenvalue weighted by molar-refractivity contribution is 8.15. The molecule has 1 heterocycles. The molecule has 0 bridgehead atoms. The zero-order valence-corrected chi connectivity index (χ0v) is 12.4. The Morgan fingerprint density at radius 3 is 3.05 bits per heavy atom. The summed E-state index contributed by atoms with van der Waals surface area (Å²) in [5.41, 5.74) is 2.10. The van der Waals surface area contributed by atoms with Gasteiger partial charge in [-0.1, -0.05) is 23.9 Å². The maximum absolute atomic E-state index is 11.5. The number of aliphatic carboxylic acids is 1. The van der Waals surface area contributed by atoms with E-state index in [1.165, 1.54) is 6.21 Å². The van der Waals surface area contributed by atoms with Crippen molar-refractivity contribution >= 4 is 35.0 Å². The Labute approximate surface area is 130 Å². The topological polar surface area (TPSA) is 115 Å². The largest absolute Gasteiger partial charge is 0.481 e. The standard InChI is InChI=1S/C14H12N4O3S/c1-8-9(6-15)3-2-4-10(8)7-16-18-14-17-13(21)11(22-14)5-12(19)20/h2-4,7,11H,5H2,1H3,(H,19,20)(H,17,18,21). The van der Waals surface area contributed by atoms with Gasteiger partial charge in [-0.2, -0.15) is 10.4 Å². The number of amides is 1. The lowest BCUT2D eigenvalue weighted by molar-refractivity contribution is -0.138. The molecular weight excluding hydrogens is 304 g/mol. The molecule has 0 radical (unpaired) electrons. The molecular formula is C14H12N4O3S. The third kappa shape index (κ3) is 3.71. The number of hydrogen-bond acceptors (Lipinski definition) is 6. The van der Waals surface area contributed by atoms with Crippen LogP contribution in [0, 0.1) is 18.3 Å². The van der Waals surface area contributed by atoms with Crippen molar-refractivity contribution < 1.29 is 14.7 Å². The summed E-state index contributed by atoms with van der Waals surface area (Å²) in [6.45, 7) is 1.81. The number of hydrogen-bond donors (Lipinski definition) is 2. The molecule has 8 heteroatoms. The Hall–Kier alpha value is -2.66.